The molecular formula is C13H11FO3. The Morgan fingerprint density at radius 1 is 1.29 bits per heavy atom. The van der Waals surface area contributed by atoms with E-state index in [0.29, 0.717) is 11.3 Å². The highest BCUT2D eigenvalue weighted by atomic mass is 19.3. The number of methoxy groups -OCH3 is 1. The van der Waals surface area contributed by atoms with Crippen LogP contribution < -0.4 is 4.74 Å². The van der Waals surface area contributed by atoms with Crippen molar-refractivity contribution in [1.82, 2.24) is 0 Å². The van der Waals surface area contributed by atoms with Gasteiger partial charge in [0.05, 0.1) is 13.5 Å². The predicted octanol–water partition coefficient (Wildman–Crippen LogP) is 2.82. The summed E-state index contributed by atoms with van der Waals surface area (Å²) in [4.78, 5) is 14.1. The molecular weight excluding hydrogens is 223 g/mol. The molecule has 88 valence electrons. The Hall–Kier alpha value is -2.10. The molecule has 0 heterocycles. The van der Waals surface area contributed by atoms with Crippen LogP contribution in [0.3, 0.4) is 0 Å². The number of hydrogen-bond donors (Lipinski definition) is 0. The number of carbonyl (C=O) groups excluding carboxylic acids is 1. The van der Waals surface area contributed by atoms with Crippen molar-refractivity contribution < 1.29 is 19.0 Å². The van der Waals surface area contributed by atoms with Gasteiger partial charge in [0, 0.05) is 4.53 Å². The number of fused-ring (bicyclic) bond motifs is 1. The molecule has 0 atom stereocenters. The van der Waals surface area contributed by atoms with E-state index in [2.05, 4.69) is 4.94 Å². The minimum atomic E-state index is -0.902. The van der Waals surface area contributed by atoms with Gasteiger partial charge in [0.25, 0.3) is 0 Å². The lowest BCUT2D eigenvalue weighted by atomic mass is 10.0. The van der Waals surface area contributed by atoms with Crippen molar-refractivity contribution in [1.29, 1.82) is 0 Å². The molecule has 0 fully saturated rings. The van der Waals surface area contributed by atoms with E-state index in [-0.39, 0.29) is 6.42 Å². The third-order valence-electron chi connectivity index (χ3n) is 2.60. The topological polar surface area (TPSA) is 35.5 Å². The number of ether oxygens (including phenoxy) is 1. The molecule has 2 rings (SSSR count). The van der Waals surface area contributed by atoms with E-state index < -0.39 is 5.97 Å². The number of hydrogen-bond acceptors (Lipinski definition) is 3. The van der Waals surface area contributed by atoms with Crippen molar-refractivity contribution in [2.24, 2.45) is 0 Å². The highest BCUT2D eigenvalue weighted by Crippen LogP contribution is 2.24. The Kier molecular flexibility index (Phi) is 3.23. The zero-order valence-corrected chi connectivity index (χ0v) is 9.27. The summed E-state index contributed by atoms with van der Waals surface area (Å²) >= 11 is 0. The summed E-state index contributed by atoms with van der Waals surface area (Å²) in [6, 6.07) is 11.0. The zero-order valence-electron chi connectivity index (χ0n) is 9.27. The molecule has 3 nitrogen and oxygen atoms in total. The van der Waals surface area contributed by atoms with Crippen LogP contribution in [0.5, 0.6) is 5.75 Å². The van der Waals surface area contributed by atoms with Crippen LogP contribution >= 0.6 is 0 Å². The summed E-state index contributed by atoms with van der Waals surface area (Å²) in [5.41, 5.74) is 0.712. The van der Waals surface area contributed by atoms with E-state index in [1.54, 1.807) is 13.2 Å². The monoisotopic (exact) mass is 234 g/mol. The average Bonchev–Trinajstić information content (AvgIpc) is 2.38. The number of rotatable bonds is 3. The van der Waals surface area contributed by atoms with E-state index in [1.807, 2.05) is 30.3 Å². The summed E-state index contributed by atoms with van der Waals surface area (Å²) < 4.78 is 16.9. The molecule has 0 aliphatic rings. The molecule has 2 aromatic rings. The average molecular weight is 234 g/mol. The fourth-order valence-electron chi connectivity index (χ4n) is 1.78. The Morgan fingerprint density at radius 2 is 2.12 bits per heavy atom. The van der Waals surface area contributed by atoms with Crippen molar-refractivity contribution in [3.63, 3.8) is 0 Å². The van der Waals surface area contributed by atoms with Gasteiger partial charge in [-0.2, -0.15) is 0 Å². The van der Waals surface area contributed by atoms with Gasteiger partial charge in [0.1, 0.15) is 5.75 Å². The summed E-state index contributed by atoms with van der Waals surface area (Å²) in [5.74, 6) is -0.209. The minimum Gasteiger partial charge on any atom is -0.497 e. The van der Waals surface area contributed by atoms with E-state index in [4.69, 9.17) is 4.74 Å². The van der Waals surface area contributed by atoms with E-state index in [9.17, 15) is 9.32 Å². The SMILES string of the molecule is COc1ccc2cccc(CC(=O)OF)c2c1. The summed E-state index contributed by atoms with van der Waals surface area (Å²) in [7, 11) is 1.57. The zero-order chi connectivity index (χ0) is 12.3. The maximum Gasteiger partial charge on any atom is 0.353 e. The predicted molar refractivity (Wildman–Crippen MR) is 61.4 cm³/mol. The minimum absolute atomic E-state index is 0.0962. The lowest BCUT2D eigenvalue weighted by Crippen LogP contribution is -2.02. The molecule has 0 saturated carbocycles. The first-order chi connectivity index (χ1) is 8.24. The molecule has 2 aromatic carbocycles. The van der Waals surface area contributed by atoms with Gasteiger partial charge in [0.2, 0.25) is 0 Å². The van der Waals surface area contributed by atoms with Crippen molar-refractivity contribution in [3.8, 4) is 5.75 Å². The van der Waals surface area contributed by atoms with Gasteiger partial charge in [-0.05, 0) is 28.5 Å². The van der Waals surface area contributed by atoms with Crippen LogP contribution in [0.4, 0.5) is 4.53 Å². The van der Waals surface area contributed by atoms with Gasteiger partial charge in [-0.25, -0.2) is 4.79 Å². The van der Waals surface area contributed by atoms with Crippen LogP contribution in [0, 0.1) is 0 Å². The molecule has 0 spiro atoms. The fraction of sp³-hybridized carbons (Fsp3) is 0.154. The van der Waals surface area contributed by atoms with Gasteiger partial charge in [-0.1, -0.05) is 24.3 Å². The van der Waals surface area contributed by atoms with E-state index in [1.165, 1.54) is 0 Å². The maximum absolute atomic E-state index is 11.7. The molecule has 0 N–H and O–H groups in total. The third kappa shape index (κ3) is 2.36. The van der Waals surface area contributed by atoms with Crippen LogP contribution in [0.15, 0.2) is 36.4 Å². The maximum atomic E-state index is 11.7. The highest BCUT2D eigenvalue weighted by molar-refractivity contribution is 5.89. The lowest BCUT2D eigenvalue weighted by Gasteiger charge is -2.06. The van der Waals surface area contributed by atoms with Crippen molar-refractivity contribution >= 4 is 16.7 Å². The fourth-order valence-corrected chi connectivity index (χ4v) is 1.78. The molecule has 0 radical (unpaired) electrons. The summed E-state index contributed by atoms with van der Waals surface area (Å²) in [6.45, 7) is 0. The van der Waals surface area contributed by atoms with Gasteiger partial charge in [-0.3, -0.25) is 4.94 Å². The number of carbonyl (C=O) groups is 1. The second kappa shape index (κ2) is 4.82. The van der Waals surface area contributed by atoms with Gasteiger partial charge in [-0.15, -0.1) is 0 Å². The smallest absolute Gasteiger partial charge is 0.353 e. The molecule has 0 aliphatic heterocycles. The summed E-state index contributed by atoms with van der Waals surface area (Å²) in [6.07, 6.45) is -0.0962. The molecule has 0 bridgehead atoms. The molecule has 17 heavy (non-hydrogen) atoms. The van der Waals surface area contributed by atoms with Crippen LogP contribution in [0.2, 0.25) is 0 Å². The molecule has 0 aliphatic carbocycles. The Bertz CT molecular complexity index is 551. The van der Waals surface area contributed by atoms with Crippen LogP contribution in [0.25, 0.3) is 10.8 Å². The van der Waals surface area contributed by atoms with Crippen molar-refractivity contribution in [3.05, 3.63) is 42.0 Å². The molecule has 0 unspecified atom stereocenters. The van der Waals surface area contributed by atoms with Crippen LogP contribution in [-0.2, 0) is 16.2 Å². The first-order valence-electron chi connectivity index (χ1n) is 5.11. The van der Waals surface area contributed by atoms with Crippen molar-refractivity contribution in [2.75, 3.05) is 7.11 Å². The van der Waals surface area contributed by atoms with Gasteiger partial charge < -0.3 is 4.74 Å². The van der Waals surface area contributed by atoms with E-state index >= 15 is 0 Å². The Labute approximate surface area is 97.7 Å². The third-order valence-corrected chi connectivity index (χ3v) is 2.60. The number of benzene rings is 2. The Morgan fingerprint density at radius 3 is 2.82 bits per heavy atom. The molecule has 0 amide bonds. The second-order valence-electron chi connectivity index (χ2n) is 3.63. The molecule has 4 heteroatoms. The Balaban J connectivity index is 2.50. The first kappa shape index (κ1) is 11.4. The highest BCUT2D eigenvalue weighted by Gasteiger charge is 2.09. The standard InChI is InChI=1S/C13H11FO3/c1-16-11-6-5-9-3-2-4-10(12(9)8-11)7-13(15)17-14/h2-6,8H,7H2,1H3. The quantitative estimate of drug-likeness (QED) is 0.819. The normalized spacial score (nSPS) is 10.2. The first-order valence-corrected chi connectivity index (χ1v) is 5.11. The second-order valence-corrected chi connectivity index (χ2v) is 3.63. The van der Waals surface area contributed by atoms with E-state index in [0.717, 1.165) is 10.8 Å². The van der Waals surface area contributed by atoms with Crippen LogP contribution in [-0.4, -0.2) is 13.1 Å². The largest absolute Gasteiger partial charge is 0.497 e. The summed E-state index contributed by atoms with van der Waals surface area (Å²) in [5, 5.41) is 1.83. The van der Waals surface area contributed by atoms with Crippen LogP contribution in [0.1, 0.15) is 5.56 Å². The van der Waals surface area contributed by atoms with Gasteiger partial charge in [0.15, 0.2) is 0 Å². The lowest BCUT2D eigenvalue weighted by molar-refractivity contribution is -0.182. The number of halogens is 1. The van der Waals surface area contributed by atoms with Gasteiger partial charge >= 0.3 is 5.97 Å². The molecule has 0 aromatic heterocycles. The van der Waals surface area contributed by atoms with Crippen molar-refractivity contribution in [2.45, 2.75) is 6.42 Å². The molecule has 0 saturated heterocycles.